The van der Waals surface area contributed by atoms with Crippen molar-refractivity contribution in [3.63, 3.8) is 0 Å². The maximum atomic E-state index is 6.04. The Hall–Kier alpha value is -0.660. The van der Waals surface area contributed by atoms with Gasteiger partial charge in [-0.3, -0.25) is 0 Å². The molecule has 3 rings (SSSR count). The van der Waals surface area contributed by atoms with Gasteiger partial charge in [0.25, 0.3) is 5.89 Å². The summed E-state index contributed by atoms with van der Waals surface area (Å²) < 4.78 is 5.42. The topological polar surface area (TPSA) is 64.9 Å². The molecular formula is C12H15N3OS3. The summed E-state index contributed by atoms with van der Waals surface area (Å²) in [4.78, 5) is 5.76. The van der Waals surface area contributed by atoms with Crippen molar-refractivity contribution in [1.29, 1.82) is 0 Å². The molecule has 0 spiro atoms. The van der Waals surface area contributed by atoms with Crippen LogP contribution in [0.2, 0.25) is 0 Å². The molecule has 2 aromatic heterocycles. The molecule has 1 aliphatic rings. The van der Waals surface area contributed by atoms with Crippen molar-refractivity contribution in [3.8, 4) is 11.5 Å². The molecule has 1 atom stereocenters. The average molecular weight is 313 g/mol. The lowest BCUT2D eigenvalue weighted by Crippen LogP contribution is -2.07. The Labute approximate surface area is 124 Å². The molecule has 102 valence electrons. The number of nitrogens with zero attached hydrogens (tertiary/aromatic N) is 2. The van der Waals surface area contributed by atoms with E-state index in [1.807, 2.05) is 30.4 Å². The van der Waals surface area contributed by atoms with Crippen LogP contribution in [0.4, 0.5) is 5.00 Å². The molecule has 1 fully saturated rings. The highest BCUT2D eigenvalue weighted by molar-refractivity contribution is 8.06. The molecule has 7 heteroatoms. The molecule has 1 saturated heterocycles. The summed E-state index contributed by atoms with van der Waals surface area (Å²) in [5, 5.41) is 5.24. The molecular weight excluding hydrogens is 298 g/mol. The number of anilines is 1. The SMILES string of the molecule is Cc1sc(N)c(-c2nc(C3CSCCS3)no2)c1C. The number of nitrogens with two attached hydrogens (primary N) is 1. The quantitative estimate of drug-likeness (QED) is 0.915. The third-order valence-electron chi connectivity index (χ3n) is 3.17. The van der Waals surface area contributed by atoms with Crippen LogP contribution < -0.4 is 5.73 Å². The normalized spacial score (nSPS) is 19.8. The Bertz CT molecular complexity index is 587. The van der Waals surface area contributed by atoms with E-state index < -0.39 is 0 Å². The fourth-order valence-corrected chi connectivity index (χ4v) is 5.54. The van der Waals surface area contributed by atoms with Crippen molar-refractivity contribution in [2.45, 2.75) is 19.1 Å². The minimum absolute atomic E-state index is 0.345. The van der Waals surface area contributed by atoms with Crippen LogP contribution in [0.3, 0.4) is 0 Å². The standard InChI is InChI=1S/C12H15N3OS3/c1-6-7(2)19-10(13)9(6)12-14-11(15-16-12)8-5-17-3-4-18-8/h8H,3-5,13H2,1-2H3. The van der Waals surface area contributed by atoms with Crippen molar-refractivity contribution < 1.29 is 4.52 Å². The van der Waals surface area contributed by atoms with Crippen LogP contribution in [0.15, 0.2) is 4.52 Å². The lowest BCUT2D eigenvalue weighted by Gasteiger charge is -2.16. The van der Waals surface area contributed by atoms with E-state index in [1.165, 1.54) is 10.6 Å². The lowest BCUT2D eigenvalue weighted by atomic mass is 10.1. The molecule has 2 aromatic rings. The molecule has 2 N–H and O–H groups in total. The number of rotatable bonds is 2. The molecule has 1 unspecified atom stereocenters. The largest absolute Gasteiger partial charge is 0.390 e. The van der Waals surface area contributed by atoms with Gasteiger partial charge in [0.15, 0.2) is 5.82 Å². The number of nitrogen functional groups attached to an aromatic ring is 1. The number of thiophene rings is 1. The van der Waals surface area contributed by atoms with Crippen molar-refractivity contribution >= 4 is 39.9 Å². The summed E-state index contributed by atoms with van der Waals surface area (Å²) in [5.41, 5.74) is 8.10. The monoisotopic (exact) mass is 313 g/mol. The predicted octanol–water partition coefficient (Wildman–Crippen LogP) is 3.52. The first-order chi connectivity index (χ1) is 9.16. The lowest BCUT2D eigenvalue weighted by molar-refractivity contribution is 0.423. The van der Waals surface area contributed by atoms with Crippen LogP contribution in [0, 0.1) is 13.8 Å². The highest BCUT2D eigenvalue weighted by Gasteiger charge is 2.24. The second-order valence-corrected chi connectivity index (χ2v) is 8.13. The molecule has 0 bridgehead atoms. The molecule has 1 aliphatic heterocycles. The Morgan fingerprint density at radius 2 is 2.16 bits per heavy atom. The van der Waals surface area contributed by atoms with E-state index in [1.54, 1.807) is 11.3 Å². The van der Waals surface area contributed by atoms with Gasteiger partial charge in [0, 0.05) is 22.1 Å². The third-order valence-corrected chi connectivity index (χ3v) is 6.96. The summed E-state index contributed by atoms with van der Waals surface area (Å²) >= 11 is 5.43. The zero-order valence-electron chi connectivity index (χ0n) is 10.8. The van der Waals surface area contributed by atoms with Crippen molar-refractivity contribution in [2.24, 2.45) is 0 Å². The number of aryl methyl sites for hydroxylation is 1. The Balaban J connectivity index is 1.92. The molecule has 0 aliphatic carbocycles. The van der Waals surface area contributed by atoms with Gasteiger partial charge in [-0.05, 0) is 19.4 Å². The fourth-order valence-electron chi connectivity index (χ4n) is 2.02. The maximum Gasteiger partial charge on any atom is 0.261 e. The Kier molecular flexibility index (Phi) is 3.77. The van der Waals surface area contributed by atoms with E-state index >= 15 is 0 Å². The van der Waals surface area contributed by atoms with Gasteiger partial charge >= 0.3 is 0 Å². The summed E-state index contributed by atoms with van der Waals surface area (Å²) in [6, 6.07) is 0. The minimum atomic E-state index is 0.345. The van der Waals surface area contributed by atoms with Gasteiger partial charge in [-0.2, -0.15) is 16.7 Å². The van der Waals surface area contributed by atoms with Gasteiger partial charge in [0.05, 0.1) is 15.8 Å². The van der Waals surface area contributed by atoms with E-state index in [2.05, 4.69) is 17.1 Å². The zero-order valence-corrected chi connectivity index (χ0v) is 13.3. The first-order valence-electron chi connectivity index (χ1n) is 6.05. The van der Waals surface area contributed by atoms with Crippen LogP contribution in [-0.4, -0.2) is 27.4 Å². The number of thioether (sulfide) groups is 2. The predicted molar refractivity (Wildman–Crippen MR) is 84.0 cm³/mol. The summed E-state index contributed by atoms with van der Waals surface area (Å²) in [7, 11) is 0. The maximum absolute atomic E-state index is 6.04. The van der Waals surface area contributed by atoms with Crippen molar-refractivity contribution in [3.05, 3.63) is 16.3 Å². The van der Waals surface area contributed by atoms with Crippen LogP contribution in [0.5, 0.6) is 0 Å². The van der Waals surface area contributed by atoms with Crippen molar-refractivity contribution in [2.75, 3.05) is 23.0 Å². The smallest absolute Gasteiger partial charge is 0.261 e. The highest BCUT2D eigenvalue weighted by Crippen LogP contribution is 2.39. The highest BCUT2D eigenvalue weighted by atomic mass is 32.2. The van der Waals surface area contributed by atoms with Crippen molar-refractivity contribution in [1.82, 2.24) is 10.1 Å². The second-order valence-electron chi connectivity index (χ2n) is 4.41. The molecule has 0 amide bonds. The Morgan fingerprint density at radius 3 is 2.79 bits per heavy atom. The van der Waals surface area contributed by atoms with Gasteiger partial charge < -0.3 is 10.3 Å². The molecule has 0 radical (unpaired) electrons. The molecule has 4 nitrogen and oxygen atoms in total. The number of hydrogen-bond donors (Lipinski definition) is 1. The number of aromatic nitrogens is 2. The fraction of sp³-hybridized carbons (Fsp3) is 0.500. The Morgan fingerprint density at radius 1 is 1.32 bits per heavy atom. The van der Waals surface area contributed by atoms with Gasteiger partial charge in [-0.15, -0.1) is 23.1 Å². The van der Waals surface area contributed by atoms with Crippen LogP contribution in [-0.2, 0) is 0 Å². The average Bonchev–Trinajstić information content (AvgIpc) is 2.97. The van der Waals surface area contributed by atoms with E-state index in [4.69, 9.17) is 10.3 Å². The van der Waals surface area contributed by atoms with Crippen LogP contribution in [0.1, 0.15) is 21.5 Å². The summed E-state index contributed by atoms with van der Waals surface area (Å²) in [5.74, 6) is 4.78. The van der Waals surface area contributed by atoms with Crippen LogP contribution in [0.25, 0.3) is 11.5 Å². The van der Waals surface area contributed by atoms with Gasteiger partial charge in [-0.25, -0.2) is 0 Å². The third kappa shape index (κ3) is 2.51. The molecule has 19 heavy (non-hydrogen) atoms. The second kappa shape index (κ2) is 5.38. The van der Waals surface area contributed by atoms with Gasteiger partial charge in [-0.1, -0.05) is 5.16 Å². The molecule has 3 heterocycles. The molecule has 0 saturated carbocycles. The number of hydrogen-bond acceptors (Lipinski definition) is 7. The summed E-state index contributed by atoms with van der Waals surface area (Å²) in [6.07, 6.45) is 0. The van der Waals surface area contributed by atoms with Gasteiger partial charge in [0.2, 0.25) is 0 Å². The van der Waals surface area contributed by atoms with Crippen LogP contribution >= 0.6 is 34.9 Å². The van der Waals surface area contributed by atoms with E-state index in [0.29, 0.717) is 11.1 Å². The van der Waals surface area contributed by atoms with E-state index in [-0.39, 0.29) is 0 Å². The first kappa shape index (κ1) is 13.3. The van der Waals surface area contributed by atoms with Gasteiger partial charge in [0.1, 0.15) is 0 Å². The molecule has 0 aromatic carbocycles. The summed E-state index contributed by atoms with van der Waals surface area (Å²) in [6.45, 7) is 4.11. The minimum Gasteiger partial charge on any atom is -0.390 e. The van der Waals surface area contributed by atoms with E-state index in [0.717, 1.165) is 33.5 Å². The zero-order chi connectivity index (χ0) is 13.4. The first-order valence-corrected chi connectivity index (χ1v) is 9.07. The van der Waals surface area contributed by atoms with E-state index in [9.17, 15) is 0 Å².